The number of aromatic nitrogens is 2. The Balaban J connectivity index is 2.32. The van der Waals surface area contributed by atoms with Crippen LogP contribution in [0.2, 0.25) is 5.15 Å². The molecule has 2 rings (SSSR count). The van der Waals surface area contributed by atoms with Crippen LogP contribution < -0.4 is 4.90 Å². The summed E-state index contributed by atoms with van der Waals surface area (Å²) in [6.45, 7) is 7.20. The number of hydrogen-bond donors (Lipinski definition) is 1. The number of morpholine rings is 1. The summed E-state index contributed by atoms with van der Waals surface area (Å²) in [5.74, 6) is 0.825. The highest BCUT2D eigenvalue weighted by atomic mass is 35.5. The Morgan fingerprint density at radius 2 is 2.11 bits per heavy atom. The molecule has 0 amide bonds. The average Bonchev–Trinajstić information content (AvgIpc) is 2.37. The Labute approximate surface area is 112 Å². The van der Waals surface area contributed by atoms with E-state index in [9.17, 15) is 5.11 Å². The Bertz CT molecular complexity index is 442. The first-order valence-electron chi connectivity index (χ1n) is 6.03. The maximum absolute atomic E-state index is 9.20. The molecule has 5 nitrogen and oxygen atoms in total. The van der Waals surface area contributed by atoms with Gasteiger partial charge in [-0.3, -0.25) is 0 Å². The highest BCUT2D eigenvalue weighted by Gasteiger charge is 2.28. The SMILES string of the molecule is Cc1c(Cl)nnc(N2CC(CO)OCC2C)c1C. The first-order valence-corrected chi connectivity index (χ1v) is 6.40. The number of hydrogen-bond acceptors (Lipinski definition) is 5. The molecule has 18 heavy (non-hydrogen) atoms. The third kappa shape index (κ3) is 2.43. The lowest BCUT2D eigenvalue weighted by Gasteiger charge is -2.38. The lowest BCUT2D eigenvalue weighted by molar-refractivity contribution is -0.0106. The number of aliphatic hydroxyl groups excluding tert-OH is 1. The largest absolute Gasteiger partial charge is 0.394 e. The predicted octanol–water partition coefficient (Wildman–Crippen LogP) is 1.33. The monoisotopic (exact) mass is 271 g/mol. The fourth-order valence-electron chi connectivity index (χ4n) is 2.06. The van der Waals surface area contributed by atoms with Gasteiger partial charge in [0.2, 0.25) is 0 Å². The summed E-state index contributed by atoms with van der Waals surface area (Å²) in [4.78, 5) is 2.12. The summed E-state index contributed by atoms with van der Waals surface area (Å²) < 4.78 is 5.52. The van der Waals surface area contributed by atoms with Gasteiger partial charge in [0.05, 0.1) is 25.4 Å². The summed E-state index contributed by atoms with van der Waals surface area (Å²) in [5, 5.41) is 17.8. The summed E-state index contributed by atoms with van der Waals surface area (Å²) in [6, 6.07) is 0.210. The van der Waals surface area contributed by atoms with Gasteiger partial charge in [0.15, 0.2) is 11.0 Å². The third-order valence-corrected chi connectivity index (χ3v) is 3.78. The lowest BCUT2D eigenvalue weighted by Crippen LogP contribution is -2.50. The molecule has 100 valence electrons. The molecule has 2 heterocycles. The van der Waals surface area contributed by atoms with E-state index in [1.54, 1.807) is 0 Å². The van der Waals surface area contributed by atoms with E-state index in [-0.39, 0.29) is 18.8 Å². The maximum atomic E-state index is 9.20. The number of aliphatic hydroxyl groups is 1. The van der Waals surface area contributed by atoms with Crippen molar-refractivity contribution in [1.29, 1.82) is 0 Å². The van der Waals surface area contributed by atoms with Crippen molar-refractivity contribution in [2.75, 3.05) is 24.7 Å². The van der Waals surface area contributed by atoms with Crippen molar-refractivity contribution in [3.05, 3.63) is 16.3 Å². The van der Waals surface area contributed by atoms with Gasteiger partial charge in [-0.2, -0.15) is 0 Å². The van der Waals surface area contributed by atoms with Gasteiger partial charge in [-0.15, -0.1) is 10.2 Å². The van der Waals surface area contributed by atoms with Crippen LogP contribution in [0.5, 0.6) is 0 Å². The fraction of sp³-hybridized carbons (Fsp3) is 0.667. The zero-order valence-corrected chi connectivity index (χ0v) is 11.6. The van der Waals surface area contributed by atoms with Crippen molar-refractivity contribution >= 4 is 17.4 Å². The summed E-state index contributed by atoms with van der Waals surface area (Å²) in [7, 11) is 0. The average molecular weight is 272 g/mol. The molecule has 0 bridgehead atoms. The number of nitrogens with zero attached hydrogens (tertiary/aromatic N) is 3. The van der Waals surface area contributed by atoms with E-state index in [2.05, 4.69) is 22.0 Å². The van der Waals surface area contributed by atoms with Gasteiger partial charge in [-0.1, -0.05) is 11.6 Å². The van der Waals surface area contributed by atoms with Crippen LogP contribution >= 0.6 is 11.6 Å². The van der Waals surface area contributed by atoms with Crippen LogP contribution in [-0.2, 0) is 4.74 Å². The molecule has 0 saturated carbocycles. The molecule has 1 aliphatic heterocycles. The topological polar surface area (TPSA) is 58.5 Å². The molecule has 0 aromatic carbocycles. The molecule has 1 fully saturated rings. The van der Waals surface area contributed by atoms with Gasteiger partial charge < -0.3 is 14.7 Å². The van der Waals surface area contributed by atoms with Gasteiger partial charge >= 0.3 is 0 Å². The van der Waals surface area contributed by atoms with Crippen molar-refractivity contribution in [3.8, 4) is 0 Å². The molecule has 0 spiro atoms. The molecular formula is C12H18ClN3O2. The highest BCUT2D eigenvalue weighted by molar-refractivity contribution is 6.30. The predicted molar refractivity (Wildman–Crippen MR) is 70.1 cm³/mol. The Hall–Kier alpha value is -0.910. The molecule has 1 aromatic rings. The maximum Gasteiger partial charge on any atom is 0.155 e. The van der Waals surface area contributed by atoms with Gasteiger partial charge in [-0.05, 0) is 31.9 Å². The first kappa shape index (κ1) is 13.5. The molecular weight excluding hydrogens is 254 g/mol. The molecule has 1 aromatic heterocycles. The van der Waals surface area contributed by atoms with E-state index in [0.717, 1.165) is 16.9 Å². The lowest BCUT2D eigenvalue weighted by atomic mass is 10.1. The van der Waals surface area contributed by atoms with Gasteiger partial charge in [0.25, 0.3) is 0 Å². The quantitative estimate of drug-likeness (QED) is 0.880. The molecule has 2 atom stereocenters. The van der Waals surface area contributed by atoms with Crippen molar-refractivity contribution in [2.24, 2.45) is 0 Å². The van der Waals surface area contributed by atoms with Crippen molar-refractivity contribution in [3.63, 3.8) is 0 Å². The Kier molecular flexibility index (Phi) is 4.04. The van der Waals surface area contributed by atoms with Gasteiger partial charge in [0.1, 0.15) is 0 Å². The molecule has 1 saturated heterocycles. The minimum absolute atomic E-state index is 0.0161. The zero-order chi connectivity index (χ0) is 13.3. The molecule has 1 aliphatic rings. The van der Waals surface area contributed by atoms with Crippen molar-refractivity contribution in [1.82, 2.24) is 10.2 Å². The van der Waals surface area contributed by atoms with Crippen LogP contribution in [0.3, 0.4) is 0 Å². The van der Waals surface area contributed by atoms with Crippen molar-refractivity contribution < 1.29 is 9.84 Å². The standard InChI is InChI=1S/C12H18ClN3O2/c1-7-6-18-10(5-17)4-16(7)12-9(3)8(2)11(13)14-15-12/h7,10,17H,4-6H2,1-3H3. The van der Waals surface area contributed by atoms with Crippen LogP contribution in [0.25, 0.3) is 0 Å². The van der Waals surface area contributed by atoms with E-state index in [0.29, 0.717) is 18.3 Å². The zero-order valence-electron chi connectivity index (χ0n) is 10.9. The second-order valence-corrected chi connectivity index (χ2v) is 5.06. The van der Waals surface area contributed by atoms with Crippen LogP contribution in [0.15, 0.2) is 0 Å². The van der Waals surface area contributed by atoms with E-state index >= 15 is 0 Å². The summed E-state index contributed by atoms with van der Waals surface area (Å²) >= 11 is 5.96. The van der Waals surface area contributed by atoms with Crippen LogP contribution in [0.1, 0.15) is 18.1 Å². The molecule has 0 radical (unpaired) electrons. The normalized spacial score (nSPS) is 24.4. The second-order valence-electron chi connectivity index (χ2n) is 4.70. The summed E-state index contributed by atoms with van der Waals surface area (Å²) in [5.41, 5.74) is 1.97. The van der Waals surface area contributed by atoms with Crippen LogP contribution in [-0.4, -0.2) is 47.2 Å². The van der Waals surface area contributed by atoms with Crippen LogP contribution in [0.4, 0.5) is 5.82 Å². The second kappa shape index (κ2) is 5.38. The molecule has 1 N–H and O–H groups in total. The molecule has 0 aliphatic carbocycles. The molecule has 6 heteroatoms. The van der Waals surface area contributed by atoms with Gasteiger partial charge in [0, 0.05) is 6.54 Å². The number of anilines is 1. The smallest absolute Gasteiger partial charge is 0.155 e. The highest BCUT2D eigenvalue weighted by Crippen LogP contribution is 2.27. The number of halogens is 1. The molecule has 2 unspecified atom stereocenters. The third-order valence-electron chi connectivity index (χ3n) is 3.42. The first-order chi connectivity index (χ1) is 8.54. The summed E-state index contributed by atoms with van der Waals surface area (Å²) in [6.07, 6.45) is -0.168. The Morgan fingerprint density at radius 3 is 2.78 bits per heavy atom. The minimum atomic E-state index is -0.168. The minimum Gasteiger partial charge on any atom is -0.394 e. The fourth-order valence-corrected chi connectivity index (χ4v) is 2.24. The number of ether oxygens (including phenoxy) is 1. The van der Waals surface area contributed by atoms with E-state index < -0.39 is 0 Å². The number of rotatable bonds is 2. The Morgan fingerprint density at radius 1 is 1.39 bits per heavy atom. The van der Waals surface area contributed by atoms with Crippen molar-refractivity contribution in [2.45, 2.75) is 32.9 Å². The van der Waals surface area contributed by atoms with Crippen LogP contribution in [0, 0.1) is 13.8 Å². The van der Waals surface area contributed by atoms with Gasteiger partial charge in [-0.25, -0.2) is 0 Å². The van der Waals surface area contributed by atoms with E-state index in [4.69, 9.17) is 16.3 Å². The van der Waals surface area contributed by atoms with E-state index in [1.807, 2.05) is 13.8 Å². The van der Waals surface area contributed by atoms with E-state index in [1.165, 1.54) is 0 Å².